The van der Waals surface area contributed by atoms with Gasteiger partial charge in [0.15, 0.2) is 0 Å². The second-order valence-corrected chi connectivity index (χ2v) is 5.12. The van der Waals surface area contributed by atoms with E-state index >= 15 is 0 Å². The first-order valence-electron chi connectivity index (χ1n) is 7.20. The van der Waals surface area contributed by atoms with Gasteiger partial charge in [0.1, 0.15) is 5.82 Å². The van der Waals surface area contributed by atoms with E-state index in [-0.39, 0.29) is 6.04 Å². The molecule has 0 aliphatic heterocycles. The predicted molar refractivity (Wildman–Crippen MR) is 84.6 cm³/mol. The van der Waals surface area contributed by atoms with Gasteiger partial charge in [0.2, 0.25) is 0 Å². The van der Waals surface area contributed by atoms with E-state index in [1.807, 2.05) is 12.3 Å². The van der Waals surface area contributed by atoms with E-state index in [4.69, 9.17) is 5.73 Å². The quantitative estimate of drug-likeness (QED) is 0.846. The first kappa shape index (κ1) is 14.5. The highest BCUT2D eigenvalue weighted by Gasteiger charge is 2.14. The number of nitrogens with zero attached hydrogens (tertiary/aromatic N) is 1. The van der Waals surface area contributed by atoms with Crippen molar-refractivity contribution in [1.82, 2.24) is 10.3 Å². The number of anilines is 1. The van der Waals surface area contributed by atoms with E-state index in [2.05, 4.69) is 54.5 Å². The molecule has 0 bridgehead atoms. The topological polar surface area (TPSA) is 50.9 Å². The molecule has 20 heavy (non-hydrogen) atoms. The minimum atomic E-state index is 0.257. The Kier molecular flexibility index (Phi) is 5.13. The van der Waals surface area contributed by atoms with Crippen LogP contribution in [0.2, 0.25) is 0 Å². The third-order valence-corrected chi connectivity index (χ3v) is 3.48. The SMILES string of the molecule is CCNC(CCc1ccccc1)c1cc(C)cnc1N. The van der Waals surface area contributed by atoms with Crippen molar-refractivity contribution >= 4 is 5.82 Å². The summed E-state index contributed by atoms with van der Waals surface area (Å²) >= 11 is 0. The fourth-order valence-corrected chi connectivity index (χ4v) is 2.45. The predicted octanol–water partition coefficient (Wildman–Crippen LogP) is 3.26. The molecule has 0 aliphatic rings. The van der Waals surface area contributed by atoms with Crippen LogP contribution in [-0.4, -0.2) is 11.5 Å². The number of aryl methyl sites for hydroxylation is 2. The van der Waals surface area contributed by atoms with Crippen molar-refractivity contribution in [3.8, 4) is 0 Å². The van der Waals surface area contributed by atoms with Crippen molar-refractivity contribution in [2.45, 2.75) is 32.7 Å². The molecule has 2 aromatic rings. The maximum Gasteiger partial charge on any atom is 0.128 e. The maximum atomic E-state index is 6.04. The summed E-state index contributed by atoms with van der Waals surface area (Å²) < 4.78 is 0. The van der Waals surface area contributed by atoms with E-state index < -0.39 is 0 Å². The monoisotopic (exact) mass is 269 g/mol. The number of nitrogens with two attached hydrogens (primary N) is 1. The summed E-state index contributed by atoms with van der Waals surface area (Å²) in [5, 5.41) is 3.52. The highest BCUT2D eigenvalue weighted by Crippen LogP contribution is 2.24. The minimum absolute atomic E-state index is 0.257. The van der Waals surface area contributed by atoms with Gasteiger partial charge in [-0.25, -0.2) is 4.98 Å². The van der Waals surface area contributed by atoms with Crippen LogP contribution in [0.15, 0.2) is 42.6 Å². The van der Waals surface area contributed by atoms with Crippen LogP contribution in [0, 0.1) is 6.92 Å². The Hall–Kier alpha value is -1.87. The van der Waals surface area contributed by atoms with Gasteiger partial charge in [0.05, 0.1) is 0 Å². The van der Waals surface area contributed by atoms with E-state index in [1.165, 1.54) is 5.56 Å². The fraction of sp³-hybridized carbons (Fsp3) is 0.353. The summed E-state index contributed by atoms with van der Waals surface area (Å²) in [6, 6.07) is 12.9. The number of hydrogen-bond donors (Lipinski definition) is 2. The molecule has 1 atom stereocenters. The molecule has 0 radical (unpaired) electrons. The molecule has 3 nitrogen and oxygen atoms in total. The highest BCUT2D eigenvalue weighted by atomic mass is 14.9. The van der Waals surface area contributed by atoms with Crippen molar-refractivity contribution in [3.05, 3.63) is 59.3 Å². The van der Waals surface area contributed by atoms with Gasteiger partial charge in [-0.15, -0.1) is 0 Å². The molecular weight excluding hydrogens is 246 g/mol. The largest absolute Gasteiger partial charge is 0.383 e. The average molecular weight is 269 g/mol. The second kappa shape index (κ2) is 7.06. The van der Waals surface area contributed by atoms with Crippen LogP contribution >= 0.6 is 0 Å². The van der Waals surface area contributed by atoms with Crippen LogP contribution in [0.5, 0.6) is 0 Å². The molecule has 0 saturated carbocycles. The van der Waals surface area contributed by atoms with Crippen molar-refractivity contribution < 1.29 is 0 Å². The zero-order chi connectivity index (χ0) is 14.4. The van der Waals surface area contributed by atoms with E-state index in [9.17, 15) is 0 Å². The number of nitrogen functional groups attached to an aromatic ring is 1. The smallest absolute Gasteiger partial charge is 0.128 e. The van der Waals surface area contributed by atoms with Crippen LogP contribution < -0.4 is 11.1 Å². The number of aromatic nitrogens is 1. The molecule has 0 spiro atoms. The van der Waals surface area contributed by atoms with Crippen LogP contribution in [0.1, 0.15) is 36.1 Å². The van der Waals surface area contributed by atoms with Crippen LogP contribution in [0.3, 0.4) is 0 Å². The van der Waals surface area contributed by atoms with E-state index in [1.54, 1.807) is 0 Å². The number of benzene rings is 1. The lowest BCUT2D eigenvalue weighted by Crippen LogP contribution is -2.23. The van der Waals surface area contributed by atoms with Gasteiger partial charge < -0.3 is 11.1 Å². The summed E-state index contributed by atoms with van der Waals surface area (Å²) in [7, 11) is 0. The lowest BCUT2D eigenvalue weighted by Gasteiger charge is -2.20. The minimum Gasteiger partial charge on any atom is -0.383 e. The average Bonchev–Trinajstić information content (AvgIpc) is 2.47. The molecule has 1 aromatic heterocycles. The summed E-state index contributed by atoms with van der Waals surface area (Å²) in [5.74, 6) is 0.634. The lowest BCUT2D eigenvalue weighted by atomic mass is 9.98. The molecule has 3 N–H and O–H groups in total. The van der Waals surface area contributed by atoms with Gasteiger partial charge in [-0.3, -0.25) is 0 Å². The van der Waals surface area contributed by atoms with Crippen LogP contribution in [0.4, 0.5) is 5.82 Å². The second-order valence-electron chi connectivity index (χ2n) is 5.12. The summed E-state index contributed by atoms with van der Waals surface area (Å²) in [6.07, 6.45) is 3.87. The zero-order valence-corrected chi connectivity index (χ0v) is 12.3. The standard InChI is InChI=1S/C17H23N3/c1-3-19-16(10-9-14-7-5-4-6-8-14)15-11-13(2)12-20-17(15)18/h4-8,11-12,16,19H,3,9-10H2,1-2H3,(H2,18,20). The Morgan fingerprint density at radius 3 is 2.70 bits per heavy atom. The molecular formula is C17H23N3. The summed E-state index contributed by atoms with van der Waals surface area (Å²) in [5.41, 5.74) is 9.66. The Labute approximate surface area is 121 Å². The van der Waals surface area contributed by atoms with Crippen molar-refractivity contribution in [2.75, 3.05) is 12.3 Å². The first-order valence-corrected chi connectivity index (χ1v) is 7.20. The lowest BCUT2D eigenvalue weighted by molar-refractivity contribution is 0.515. The third-order valence-electron chi connectivity index (χ3n) is 3.48. The summed E-state index contributed by atoms with van der Waals surface area (Å²) in [6.45, 7) is 5.10. The Morgan fingerprint density at radius 2 is 2.00 bits per heavy atom. The maximum absolute atomic E-state index is 6.04. The molecule has 1 heterocycles. The van der Waals surface area contributed by atoms with Crippen molar-refractivity contribution in [2.24, 2.45) is 0 Å². The Morgan fingerprint density at radius 1 is 1.25 bits per heavy atom. The van der Waals surface area contributed by atoms with Crippen LogP contribution in [-0.2, 0) is 6.42 Å². The van der Waals surface area contributed by atoms with Crippen molar-refractivity contribution in [1.29, 1.82) is 0 Å². The molecule has 0 saturated heterocycles. The van der Waals surface area contributed by atoms with Gasteiger partial charge in [-0.1, -0.05) is 37.3 Å². The van der Waals surface area contributed by atoms with Gasteiger partial charge in [0.25, 0.3) is 0 Å². The molecule has 2 rings (SSSR count). The van der Waals surface area contributed by atoms with Crippen molar-refractivity contribution in [3.63, 3.8) is 0 Å². The highest BCUT2D eigenvalue weighted by molar-refractivity contribution is 5.43. The number of nitrogens with one attached hydrogen (secondary N) is 1. The molecule has 1 unspecified atom stereocenters. The Balaban J connectivity index is 2.12. The third kappa shape index (κ3) is 3.81. The molecule has 106 valence electrons. The van der Waals surface area contributed by atoms with E-state index in [0.29, 0.717) is 5.82 Å². The molecule has 0 fully saturated rings. The van der Waals surface area contributed by atoms with Crippen LogP contribution in [0.25, 0.3) is 0 Å². The normalized spacial score (nSPS) is 12.3. The number of hydrogen-bond acceptors (Lipinski definition) is 3. The molecule has 3 heteroatoms. The summed E-state index contributed by atoms with van der Waals surface area (Å²) in [4.78, 5) is 4.27. The number of pyridine rings is 1. The van der Waals surface area contributed by atoms with Gasteiger partial charge in [0, 0.05) is 17.8 Å². The number of rotatable bonds is 6. The fourth-order valence-electron chi connectivity index (χ4n) is 2.45. The Bertz CT molecular complexity index is 537. The first-order chi connectivity index (χ1) is 9.70. The zero-order valence-electron chi connectivity index (χ0n) is 12.3. The van der Waals surface area contributed by atoms with Gasteiger partial charge in [-0.05, 0) is 43.5 Å². The molecule has 0 aliphatic carbocycles. The van der Waals surface area contributed by atoms with E-state index in [0.717, 1.165) is 30.5 Å². The van der Waals surface area contributed by atoms with Gasteiger partial charge in [-0.2, -0.15) is 0 Å². The van der Waals surface area contributed by atoms with Gasteiger partial charge >= 0.3 is 0 Å². The molecule has 1 aromatic carbocycles. The molecule has 0 amide bonds.